The Morgan fingerprint density at radius 1 is 1.41 bits per heavy atom. The van der Waals surface area contributed by atoms with Crippen LogP contribution in [0.25, 0.3) is 0 Å². The van der Waals surface area contributed by atoms with Crippen molar-refractivity contribution in [3.05, 3.63) is 39.3 Å². The van der Waals surface area contributed by atoms with Crippen LogP contribution in [0.1, 0.15) is 22.8 Å². The minimum atomic E-state index is -4.98. The summed E-state index contributed by atoms with van der Waals surface area (Å²) in [5.41, 5.74) is -3.60. The highest BCUT2D eigenvalue weighted by Gasteiger charge is 2.39. The number of carbonyl (C=O) groups is 2. The first-order valence-corrected chi connectivity index (χ1v) is 6.38. The molecule has 0 atom stereocenters. The number of ketones is 1. The minimum Gasteiger partial charge on any atom is -0.500 e. The van der Waals surface area contributed by atoms with Crippen LogP contribution in [-0.4, -0.2) is 28.4 Å². The third-order valence-corrected chi connectivity index (χ3v) is 2.79. The van der Waals surface area contributed by atoms with Crippen LogP contribution in [0.15, 0.2) is 17.9 Å². The van der Waals surface area contributed by atoms with Crippen LogP contribution in [0.2, 0.25) is 10.3 Å². The molecular formula is C12H8Cl2F3NO4. The summed E-state index contributed by atoms with van der Waals surface area (Å²) in [6, 6.07) is 0.390. The van der Waals surface area contributed by atoms with Gasteiger partial charge in [-0.2, -0.15) is 13.2 Å². The van der Waals surface area contributed by atoms with E-state index in [0.29, 0.717) is 12.3 Å². The fourth-order valence-electron chi connectivity index (χ4n) is 1.43. The largest absolute Gasteiger partial charge is 0.500 e. The summed E-state index contributed by atoms with van der Waals surface area (Å²) in [6.45, 7) is 1.52. The van der Waals surface area contributed by atoms with Crippen LogP contribution in [0.4, 0.5) is 13.2 Å². The number of aromatic nitrogens is 1. The summed E-state index contributed by atoms with van der Waals surface area (Å²) in [5.74, 6) is -3.25. The van der Waals surface area contributed by atoms with Crippen molar-refractivity contribution >= 4 is 35.0 Å². The third kappa shape index (κ3) is 4.11. The molecule has 0 aliphatic rings. The van der Waals surface area contributed by atoms with E-state index < -0.39 is 44.9 Å². The standard InChI is InChI=1S/C12H8Cl2F3NO4/c1-2-22-4-5(11(20)21)9(19)8-6(12(15,16)17)3-7(13)18-10(8)14/h3-4H,2H2,1H3,(H,20,21). The topological polar surface area (TPSA) is 76.5 Å². The van der Waals surface area contributed by atoms with Gasteiger partial charge in [-0.15, -0.1) is 0 Å². The lowest BCUT2D eigenvalue weighted by molar-refractivity contribution is -0.138. The number of carboxylic acids is 1. The molecule has 22 heavy (non-hydrogen) atoms. The molecule has 0 bridgehead atoms. The molecule has 0 aliphatic heterocycles. The Bertz CT molecular complexity index is 644. The SMILES string of the molecule is CCOC=C(C(=O)O)C(=O)c1c(C(F)(F)F)cc(Cl)nc1Cl. The summed E-state index contributed by atoms with van der Waals surface area (Å²) in [4.78, 5) is 26.5. The van der Waals surface area contributed by atoms with E-state index in [1.54, 1.807) is 0 Å². The Balaban J connectivity index is 3.54. The summed E-state index contributed by atoms with van der Waals surface area (Å²) >= 11 is 10.9. The third-order valence-electron chi connectivity index (χ3n) is 2.32. The number of hydrogen-bond acceptors (Lipinski definition) is 4. The number of rotatable bonds is 5. The molecule has 0 aliphatic carbocycles. The van der Waals surface area contributed by atoms with Gasteiger partial charge in [0.2, 0.25) is 5.78 Å². The first kappa shape index (κ1) is 18.2. The molecule has 0 saturated heterocycles. The molecule has 0 amide bonds. The highest BCUT2D eigenvalue weighted by atomic mass is 35.5. The number of hydrogen-bond donors (Lipinski definition) is 1. The Kier molecular flexibility index (Phi) is 5.78. The van der Waals surface area contributed by atoms with Gasteiger partial charge in [0.25, 0.3) is 0 Å². The molecule has 0 saturated carbocycles. The van der Waals surface area contributed by atoms with Gasteiger partial charge in [0.1, 0.15) is 22.1 Å². The number of nitrogens with zero attached hydrogens (tertiary/aromatic N) is 1. The summed E-state index contributed by atoms with van der Waals surface area (Å²) in [6.07, 6.45) is -4.42. The van der Waals surface area contributed by atoms with Gasteiger partial charge in [-0.25, -0.2) is 9.78 Å². The molecule has 1 aromatic rings. The highest BCUT2D eigenvalue weighted by molar-refractivity contribution is 6.37. The first-order chi connectivity index (χ1) is 10.1. The molecule has 0 radical (unpaired) electrons. The number of carbonyl (C=O) groups excluding carboxylic acids is 1. The van der Waals surface area contributed by atoms with Gasteiger partial charge >= 0.3 is 12.1 Å². The quantitative estimate of drug-likeness (QED) is 0.217. The number of alkyl halides is 3. The van der Waals surface area contributed by atoms with E-state index in [1.165, 1.54) is 6.92 Å². The van der Waals surface area contributed by atoms with Crippen molar-refractivity contribution in [1.29, 1.82) is 0 Å². The van der Waals surface area contributed by atoms with Crippen molar-refractivity contribution in [2.45, 2.75) is 13.1 Å². The molecule has 1 rings (SSSR count). The maximum Gasteiger partial charge on any atom is 0.417 e. The van der Waals surface area contributed by atoms with Crippen LogP contribution in [0.5, 0.6) is 0 Å². The zero-order valence-electron chi connectivity index (χ0n) is 10.9. The van der Waals surface area contributed by atoms with E-state index >= 15 is 0 Å². The van der Waals surface area contributed by atoms with E-state index in [9.17, 15) is 22.8 Å². The molecule has 1 N–H and O–H groups in total. The Labute approximate surface area is 132 Å². The number of halogens is 5. The fraction of sp³-hybridized carbons (Fsp3) is 0.250. The Hall–Kier alpha value is -1.80. The molecule has 0 unspecified atom stereocenters. The van der Waals surface area contributed by atoms with Crippen LogP contribution < -0.4 is 0 Å². The van der Waals surface area contributed by atoms with Crippen LogP contribution in [0.3, 0.4) is 0 Å². The first-order valence-electron chi connectivity index (χ1n) is 5.62. The van der Waals surface area contributed by atoms with Gasteiger partial charge in [0, 0.05) is 0 Å². The van der Waals surface area contributed by atoms with Crippen molar-refractivity contribution < 1.29 is 32.6 Å². The van der Waals surface area contributed by atoms with Gasteiger partial charge in [0.15, 0.2) is 0 Å². The van der Waals surface area contributed by atoms with Crippen molar-refractivity contribution in [2.75, 3.05) is 6.61 Å². The Morgan fingerprint density at radius 3 is 2.45 bits per heavy atom. The van der Waals surface area contributed by atoms with Gasteiger partial charge in [-0.1, -0.05) is 23.2 Å². The van der Waals surface area contributed by atoms with Crippen LogP contribution in [0, 0.1) is 0 Å². The van der Waals surface area contributed by atoms with E-state index in [1.807, 2.05) is 0 Å². The van der Waals surface area contributed by atoms with Gasteiger partial charge < -0.3 is 9.84 Å². The van der Waals surface area contributed by atoms with Gasteiger partial charge in [-0.3, -0.25) is 4.79 Å². The van der Waals surface area contributed by atoms with Crippen molar-refractivity contribution in [3.63, 3.8) is 0 Å². The summed E-state index contributed by atoms with van der Waals surface area (Å²) in [7, 11) is 0. The fourth-order valence-corrected chi connectivity index (χ4v) is 1.94. The highest BCUT2D eigenvalue weighted by Crippen LogP contribution is 2.37. The smallest absolute Gasteiger partial charge is 0.417 e. The lowest BCUT2D eigenvalue weighted by atomic mass is 10.0. The molecular weight excluding hydrogens is 350 g/mol. The second kappa shape index (κ2) is 6.97. The van der Waals surface area contributed by atoms with Crippen molar-refractivity contribution in [2.24, 2.45) is 0 Å². The van der Waals surface area contributed by atoms with E-state index in [0.717, 1.165) is 0 Å². The van der Waals surface area contributed by atoms with Crippen molar-refractivity contribution in [3.8, 4) is 0 Å². The molecule has 0 spiro atoms. The predicted octanol–water partition coefficient (Wildman–Crippen LogP) is 3.59. The maximum absolute atomic E-state index is 13.0. The van der Waals surface area contributed by atoms with E-state index in [2.05, 4.69) is 9.72 Å². The molecule has 1 aromatic heterocycles. The predicted molar refractivity (Wildman–Crippen MR) is 70.9 cm³/mol. The second-order valence-electron chi connectivity index (χ2n) is 3.78. The molecule has 10 heteroatoms. The average Bonchev–Trinajstić information content (AvgIpc) is 2.36. The molecule has 1 heterocycles. The average molecular weight is 358 g/mol. The number of carboxylic acid groups (broad SMARTS) is 1. The Morgan fingerprint density at radius 2 is 2.00 bits per heavy atom. The zero-order chi connectivity index (χ0) is 17.1. The summed E-state index contributed by atoms with van der Waals surface area (Å²) in [5, 5.41) is 7.49. The zero-order valence-corrected chi connectivity index (χ0v) is 12.4. The summed E-state index contributed by atoms with van der Waals surface area (Å²) < 4.78 is 43.6. The van der Waals surface area contributed by atoms with Crippen LogP contribution >= 0.6 is 23.2 Å². The monoisotopic (exact) mass is 357 g/mol. The van der Waals surface area contributed by atoms with Crippen molar-refractivity contribution in [1.82, 2.24) is 4.98 Å². The lowest BCUT2D eigenvalue weighted by Crippen LogP contribution is -2.20. The van der Waals surface area contributed by atoms with E-state index in [4.69, 9.17) is 28.3 Å². The lowest BCUT2D eigenvalue weighted by Gasteiger charge is -2.13. The van der Waals surface area contributed by atoms with Gasteiger partial charge in [-0.05, 0) is 13.0 Å². The second-order valence-corrected chi connectivity index (χ2v) is 4.52. The van der Waals surface area contributed by atoms with Crippen LogP contribution in [-0.2, 0) is 15.7 Å². The normalized spacial score (nSPS) is 12.2. The number of ether oxygens (including phenoxy) is 1. The number of aliphatic carboxylic acids is 1. The number of Topliss-reactive ketones (excluding diaryl/α,β-unsaturated/α-hetero) is 1. The van der Waals surface area contributed by atoms with Gasteiger partial charge in [0.05, 0.1) is 17.7 Å². The molecule has 120 valence electrons. The maximum atomic E-state index is 13.0. The van der Waals surface area contributed by atoms with E-state index in [-0.39, 0.29) is 6.61 Å². The molecule has 0 fully saturated rings. The molecule has 5 nitrogen and oxygen atoms in total. The number of pyridine rings is 1. The molecule has 0 aromatic carbocycles. The minimum absolute atomic E-state index is 0.0167.